The highest BCUT2D eigenvalue weighted by Gasteiger charge is 2.13. The summed E-state index contributed by atoms with van der Waals surface area (Å²) in [6, 6.07) is 3.96. The van der Waals surface area contributed by atoms with Crippen molar-refractivity contribution in [3.05, 3.63) is 29.9 Å². The molecule has 0 bridgehead atoms. The molecule has 0 aliphatic heterocycles. The molecule has 1 amide bonds. The van der Waals surface area contributed by atoms with E-state index >= 15 is 0 Å². The fourth-order valence-corrected chi connectivity index (χ4v) is 2.56. The minimum absolute atomic E-state index is 0.0112. The highest BCUT2D eigenvalue weighted by atomic mass is 32.1. The second-order valence-corrected chi connectivity index (χ2v) is 5.86. The first kappa shape index (κ1) is 14.7. The first-order valence-electron chi connectivity index (χ1n) is 6.15. The molecule has 0 aliphatic carbocycles. The number of hydrogen-bond donors (Lipinski definition) is 1. The number of nitrogens with two attached hydrogens (primary N) is 1. The predicted octanol–water partition coefficient (Wildman–Crippen LogP) is 1.75. The number of hydrogen-bond acceptors (Lipinski definition) is 4. The van der Waals surface area contributed by atoms with Gasteiger partial charge in [0.05, 0.1) is 9.87 Å². The quantitative estimate of drug-likeness (QED) is 0.826. The molecule has 106 valence electrons. The Morgan fingerprint density at radius 3 is 3.05 bits per heavy atom. The van der Waals surface area contributed by atoms with Crippen LogP contribution in [-0.4, -0.2) is 38.9 Å². The van der Waals surface area contributed by atoms with Gasteiger partial charge in [0.1, 0.15) is 12.4 Å². The van der Waals surface area contributed by atoms with E-state index in [1.807, 2.05) is 28.3 Å². The van der Waals surface area contributed by atoms with Crippen molar-refractivity contribution >= 4 is 34.5 Å². The number of aromatic nitrogens is 2. The number of carbonyl (C=O) groups excluding carboxylic acids is 1. The van der Waals surface area contributed by atoms with Crippen LogP contribution in [0.1, 0.15) is 6.42 Å². The second-order valence-electron chi connectivity index (χ2n) is 4.39. The van der Waals surface area contributed by atoms with Crippen LogP contribution in [0.25, 0.3) is 10.7 Å². The van der Waals surface area contributed by atoms with E-state index in [0.29, 0.717) is 18.0 Å². The van der Waals surface area contributed by atoms with Gasteiger partial charge in [0, 0.05) is 32.4 Å². The fourth-order valence-electron chi connectivity index (χ4n) is 1.74. The van der Waals surface area contributed by atoms with Crippen molar-refractivity contribution in [3.8, 4) is 10.7 Å². The topological polar surface area (TPSA) is 64.2 Å². The molecule has 20 heavy (non-hydrogen) atoms. The van der Waals surface area contributed by atoms with Gasteiger partial charge in [-0.25, -0.2) is 4.98 Å². The summed E-state index contributed by atoms with van der Waals surface area (Å²) in [4.78, 5) is 19.6. The lowest BCUT2D eigenvalue weighted by molar-refractivity contribution is -0.130. The van der Waals surface area contributed by atoms with Gasteiger partial charge in [0.15, 0.2) is 0 Å². The van der Waals surface area contributed by atoms with Crippen LogP contribution >= 0.6 is 23.6 Å². The highest BCUT2D eigenvalue weighted by Crippen LogP contribution is 2.22. The van der Waals surface area contributed by atoms with Crippen LogP contribution in [0.4, 0.5) is 0 Å². The molecule has 0 aliphatic rings. The number of thiophene rings is 1. The molecule has 0 fully saturated rings. The zero-order valence-corrected chi connectivity index (χ0v) is 12.8. The maximum absolute atomic E-state index is 12.1. The number of thiocarbonyl (C=S) groups is 1. The van der Waals surface area contributed by atoms with Crippen molar-refractivity contribution in [2.24, 2.45) is 5.73 Å². The Balaban J connectivity index is 2.02. The SMILES string of the molecule is CN(CCC(N)=S)C(=O)Cn1ccnc1-c1cccs1. The van der Waals surface area contributed by atoms with Gasteiger partial charge in [0.25, 0.3) is 0 Å². The van der Waals surface area contributed by atoms with Crippen LogP contribution in [-0.2, 0) is 11.3 Å². The summed E-state index contributed by atoms with van der Waals surface area (Å²) in [7, 11) is 1.75. The molecule has 0 atom stereocenters. The lowest BCUT2D eigenvalue weighted by Gasteiger charge is -2.17. The zero-order valence-electron chi connectivity index (χ0n) is 11.2. The molecule has 0 aromatic carbocycles. The van der Waals surface area contributed by atoms with Crippen LogP contribution in [0, 0.1) is 0 Å². The molecule has 0 saturated carbocycles. The molecule has 5 nitrogen and oxygen atoms in total. The van der Waals surface area contributed by atoms with Crippen molar-refractivity contribution in [2.45, 2.75) is 13.0 Å². The summed E-state index contributed by atoms with van der Waals surface area (Å²) >= 11 is 6.42. The molecule has 0 radical (unpaired) electrons. The number of likely N-dealkylation sites (N-methyl/N-ethyl adjacent to an activating group) is 1. The third kappa shape index (κ3) is 3.64. The van der Waals surface area contributed by atoms with E-state index < -0.39 is 0 Å². The van der Waals surface area contributed by atoms with Crippen molar-refractivity contribution in [1.29, 1.82) is 0 Å². The minimum Gasteiger partial charge on any atom is -0.393 e. The molecule has 2 aromatic rings. The van der Waals surface area contributed by atoms with Crippen LogP contribution in [0.5, 0.6) is 0 Å². The number of carbonyl (C=O) groups is 1. The lowest BCUT2D eigenvalue weighted by Crippen LogP contribution is -2.32. The predicted molar refractivity (Wildman–Crippen MR) is 84.6 cm³/mol. The third-order valence-corrected chi connectivity index (χ3v) is 3.95. The van der Waals surface area contributed by atoms with Crippen molar-refractivity contribution in [3.63, 3.8) is 0 Å². The molecule has 2 heterocycles. The molecular formula is C13H16N4OS2. The van der Waals surface area contributed by atoms with Crippen molar-refractivity contribution < 1.29 is 4.79 Å². The van der Waals surface area contributed by atoms with Crippen molar-refractivity contribution in [2.75, 3.05) is 13.6 Å². The van der Waals surface area contributed by atoms with Gasteiger partial charge in [-0.15, -0.1) is 11.3 Å². The normalized spacial score (nSPS) is 10.4. The Labute approximate surface area is 127 Å². The summed E-state index contributed by atoms with van der Waals surface area (Å²) in [6.45, 7) is 0.804. The van der Waals surface area contributed by atoms with Crippen LogP contribution in [0.3, 0.4) is 0 Å². The molecule has 0 saturated heterocycles. The van der Waals surface area contributed by atoms with Crippen LogP contribution in [0.15, 0.2) is 29.9 Å². The highest BCUT2D eigenvalue weighted by molar-refractivity contribution is 7.80. The van der Waals surface area contributed by atoms with Gasteiger partial charge in [0.2, 0.25) is 5.91 Å². The Morgan fingerprint density at radius 1 is 1.60 bits per heavy atom. The molecule has 2 aromatic heterocycles. The number of amides is 1. The zero-order chi connectivity index (χ0) is 14.5. The standard InChI is InChI=1S/C13H16N4OS2/c1-16(6-4-11(14)19)12(18)9-17-7-5-15-13(17)10-3-2-8-20-10/h2-3,5,7-8H,4,6,9H2,1H3,(H2,14,19). The maximum atomic E-state index is 12.1. The largest absolute Gasteiger partial charge is 0.393 e. The average Bonchev–Trinajstić information content (AvgIpc) is 3.05. The molecule has 2 rings (SSSR count). The number of imidazole rings is 1. The Kier molecular flexibility index (Phi) is 4.86. The van der Waals surface area contributed by atoms with Gasteiger partial charge in [-0.3, -0.25) is 4.79 Å². The Morgan fingerprint density at radius 2 is 2.40 bits per heavy atom. The monoisotopic (exact) mass is 308 g/mol. The van der Waals surface area contributed by atoms with Crippen LogP contribution < -0.4 is 5.73 Å². The van der Waals surface area contributed by atoms with E-state index in [9.17, 15) is 4.79 Å². The summed E-state index contributed by atoms with van der Waals surface area (Å²) in [5, 5.41) is 1.99. The number of nitrogens with zero attached hydrogens (tertiary/aromatic N) is 3. The van der Waals surface area contributed by atoms with Gasteiger partial charge >= 0.3 is 0 Å². The molecule has 7 heteroatoms. The van der Waals surface area contributed by atoms with E-state index in [-0.39, 0.29) is 12.5 Å². The molecule has 0 spiro atoms. The first-order valence-corrected chi connectivity index (χ1v) is 7.44. The van der Waals surface area contributed by atoms with Gasteiger partial charge in [-0.1, -0.05) is 18.3 Å². The molecule has 0 unspecified atom stereocenters. The van der Waals surface area contributed by atoms with E-state index in [0.717, 1.165) is 10.7 Å². The van der Waals surface area contributed by atoms with E-state index in [1.165, 1.54) is 0 Å². The lowest BCUT2D eigenvalue weighted by atomic mass is 10.3. The smallest absolute Gasteiger partial charge is 0.242 e. The molecule has 2 N–H and O–H groups in total. The summed E-state index contributed by atoms with van der Waals surface area (Å²) in [6.07, 6.45) is 4.06. The van der Waals surface area contributed by atoms with Crippen LogP contribution in [0.2, 0.25) is 0 Å². The average molecular weight is 308 g/mol. The molecular weight excluding hydrogens is 292 g/mol. The van der Waals surface area contributed by atoms with Gasteiger partial charge in [-0.05, 0) is 11.4 Å². The maximum Gasteiger partial charge on any atom is 0.242 e. The summed E-state index contributed by atoms with van der Waals surface area (Å²) in [5.74, 6) is 0.827. The van der Waals surface area contributed by atoms with Gasteiger partial charge < -0.3 is 15.2 Å². The van der Waals surface area contributed by atoms with E-state index in [4.69, 9.17) is 18.0 Å². The van der Waals surface area contributed by atoms with Crippen molar-refractivity contribution in [1.82, 2.24) is 14.5 Å². The summed E-state index contributed by atoms with van der Waals surface area (Å²) in [5.41, 5.74) is 5.44. The van der Waals surface area contributed by atoms with E-state index in [2.05, 4.69) is 4.98 Å². The summed E-state index contributed by atoms with van der Waals surface area (Å²) < 4.78 is 1.85. The van der Waals surface area contributed by atoms with E-state index in [1.54, 1.807) is 29.5 Å². The minimum atomic E-state index is 0.0112. The first-order chi connectivity index (χ1) is 9.58. The number of rotatable bonds is 6. The second kappa shape index (κ2) is 6.62. The van der Waals surface area contributed by atoms with Gasteiger partial charge in [-0.2, -0.15) is 0 Å². The fraction of sp³-hybridized carbons (Fsp3) is 0.308. The third-order valence-electron chi connectivity index (χ3n) is 2.88. The Hall–Kier alpha value is -1.73. The Bertz CT molecular complexity index is 591.